The number of rotatable bonds is 6. The first-order chi connectivity index (χ1) is 14.5. The summed E-state index contributed by atoms with van der Waals surface area (Å²) >= 11 is 0. The van der Waals surface area contributed by atoms with E-state index in [0.717, 1.165) is 43.6 Å². The van der Waals surface area contributed by atoms with Crippen molar-refractivity contribution in [3.05, 3.63) is 59.7 Å². The van der Waals surface area contributed by atoms with Gasteiger partial charge in [-0.2, -0.15) is 18.4 Å². The van der Waals surface area contributed by atoms with Crippen molar-refractivity contribution >= 4 is 0 Å². The lowest BCUT2D eigenvalue weighted by Crippen LogP contribution is -2.14. The van der Waals surface area contributed by atoms with Crippen LogP contribution in [0.1, 0.15) is 81.3 Å². The lowest BCUT2D eigenvalue weighted by molar-refractivity contribution is -0.137. The molecule has 2 aliphatic rings. The van der Waals surface area contributed by atoms with Crippen LogP contribution in [0.5, 0.6) is 0 Å². The van der Waals surface area contributed by atoms with Crippen LogP contribution in [0.15, 0.2) is 48.6 Å². The van der Waals surface area contributed by atoms with Crippen molar-refractivity contribution in [3.63, 3.8) is 0 Å². The molecule has 1 aromatic carbocycles. The van der Waals surface area contributed by atoms with Crippen molar-refractivity contribution in [2.24, 2.45) is 17.8 Å². The summed E-state index contributed by atoms with van der Waals surface area (Å²) < 4.78 is 38.2. The molecular weight excluding hydrogens is 383 g/mol. The van der Waals surface area contributed by atoms with E-state index >= 15 is 0 Å². The quantitative estimate of drug-likeness (QED) is 0.339. The van der Waals surface area contributed by atoms with E-state index in [1.807, 2.05) is 12.1 Å². The lowest BCUT2D eigenvalue weighted by atomic mass is 9.77. The summed E-state index contributed by atoms with van der Waals surface area (Å²) in [5, 5.41) is 8.53. The van der Waals surface area contributed by atoms with E-state index in [1.54, 1.807) is 18.2 Å². The summed E-state index contributed by atoms with van der Waals surface area (Å²) in [5.74, 6) is 2.51. The third kappa shape index (κ3) is 6.76. The first-order valence-electron chi connectivity index (χ1n) is 11.4. The number of benzene rings is 1. The van der Waals surface area contributed by atoms with E-state index in [4.69, 9.17) is 5.26 Å². The Labute approximate surface area is 178 Å². The van der Waals surface area contributed by atoms with Crippen molar-refractivity contribution in [2.75, 3.05) is 0 Å². The fourth-order valence-electron chi connectivity index (χ4n) is 5.04. The molecule has 0 N–H and O–H groups in total. The second-order valence-corrected chi connectivity index (χ2v) is 9.01. The van der Waals surface area contributed by atoms with E-state index in [-0.39, 0.29) is 0 Å². The average molecular weight is 416 g/mol. The number of alkyl halides is 3. The van der Waals surface area contributed by atoms with Crippen LogP contribution in [0.25, 0.3) is 0 Å². The van der Waals surface area contributed by atoms with Crippen LogP contribution in [0.3, 0.4) is 0 Å². The highest BCUT2D eigenvalue weighted by molar-refractivity contribution is 5.27. The van der Waals surface area contributed by atoms with Gasteiger partial charge >= 0.3 is 6.18 Å². The zero-order valence-electron chi connectivity index (χ0n) is 17.6. The zero-order chi connectivity index (χ0) is 21.4. The number of halogens is 3. The van der Waals surface area contributed by atoms with Gasteiger partial charge in [0.15, 0.2) is 0 Å². The molecule has 0 saturated heterocycles. The molecule has 0 aromatic heterocycles. The van der Waals surface area contributed by atoms with Crippen molar-refractivity contribution in [1.29, 1.82) is 5.26 Å². The van der Waals surface area contributed by atoms with Crippen LogP contribution >= 0.6 is 0 Å². The van der Waals surface area contributed by atoms with Crippen LogP contribution in [0, 0.1) is 29.1 Å². The van der Waals surface area contributed by atoms with Gasteiger partial charge in [0.1, 0.15) is 0 Å². The number of nitriles is 1. The summed E-state index contributed by atoms with van der Waals surface area (Å²) in [7, 11) is 0. The molecule has 2 aliphatic carbocycles. The lowest BCUT2D eigenvalue weighted by Gasteiger charge is -2.29. The standard InChI is InChI=1S/C26H32F3N/c27-26(28,29)25-17-15-24(16-18-25)23-13-11-22(12-14-23)10-9-21-7-5-20(6-8-21)4-2-1-3-19-30/h1,3,9-10,15-18,20-23H,2,4-8,11-14H2/t20-,21-,22-,23-. The van der Waals surface area contributed by atoms with Gasteiger partial charge in [-0.15, -0.1) is 0 Å². The van der Waals surface area contributed by atoms with E-state index in [0.29, 0.717) is 17.8 Å². The highest BCUT2D eigenvalue weighted by atomic mass is 19.4. The molecule has 0 amide bonds. The fraction of sp³-hybridized carbons (Fsp3) is 0.577. The van der Waals surface area contributed by atoms with Crippen LogP contribution in [0.4, 0.5) is 13.2 Å². The maximum atomic E-state index is 12.7. The normalized spacial score (nSPS) is 28.1. The number of nitrogens with zero attached hydrogens (tertiary/aromatic N) is 1. The van der Waals surface area contributed by atoms with Gasteiger partial charge < -0.3 is 0 Å². The Bertz CT molecular complexity index is 738. The molecule has 3 rings (SSSR count). The van der Waals surface area contributed by atoms with Gasteiger partial charge in [0, 0.05) is 6.08 Å². The molecule has 162 valence electrons. The highest BCUT2D eigenvalue weighted by Gasteiger charge is 2.30. The third-order valence-corrected chi connectivity index (χ3v) is 6.96. The minimum absolute atomic E-state index is 0.391. The van der Waals surface area contributed by atoms with Crippen LogP contribution in [0.2, 0.25) is 0 Å². The van der Waals surface area contributed by atoms with Gasteiger partial charge in [-0.3, -0.25) is 0 Å². The van der Waals surface area contributed by atoms with Crippen molar-refractivity contribution < 1.29 is 13.2 Å². The van der Waals surface area contributed by atoms with Gasteiger partial charge in [0.05, 0.1) is 11.6 Å². The van der Waals surface area contributed by atoms with Gasteiger partial charge in [0.2, 0.25) is 0 Å². The first kappa shape index (κ1) is 22.7. The predicted molar refractivity (Wildman–Crippen MR) is 115 cm³/mol. The summed E-state index contributed by atoms with van der Waals surface area (Å²) in [6.07, 6.45) is 15.9. The molecular formula is C26H32F3N. The fourth-order valence-corrected chi connectivity index (χ4v) is 5.04. The Morgan fingerprint density at radius 1 is 0.867 bits per heavy atom. The highest BCUT2D eigenvalue weighted by Crippen LogP contribution is 2.38. The maximum absolute atomic E-state index is 12.7. The molecule has 30 heavy (non-hydrogen) atoms. The zero-order valence-corrected chi connectivity index (χ0v) is 17.6. The summed E-state index contributed by atoms with van der Waals surface area (Å²) in [5.41, 5.74) is 0.490. The monoisotopic (exact) mass is 415 g/mol. The molecule has 2 fully saturated rings. The molecule has 2 saturated carbocycles. The Hall–Kier alpha value is -2.02. The Balaban J connectivity index is 1.38. The van der Waals surface area contributed by atoms with Gasteiger partial charge in [-0.25, -0.2) is 0 Å². The molecule has 0 radical (unpaired) electrons. The SMILES string of the molecule is N#CC=CCC[C@H]1CC[C@H](C=C[C@H]2CC[C@H](c3ccc(C(F)(F)F)cc3)CC2)CC1. The maximum Gasteiger partial charge on any atom is 0.416 e. The molecule has 4 heteroatoms. The minimum atomic E-state index is -4.26. The van der Waals surface area contributed by atoms with E-state index in [9.17, 15) is 13.2 Å². The number of hydrogen-bond acceptors (Lipinski definition) is 1. The summed E-state index contributed by atoms with van der Waals surface area (Å²) in [6.45, 7) is 0. The van der Waals surface area contributed by atoms with Crippen LogP contribution < -0.4 is 0 Å². The van der Waals surface area contributed by atoms with Crippen LogP contribution in [-0.4, -0.2) is 0 Å². The first-order valence-corrected chi connectivity index (χ1v) is 11.4. The molecule has 1 aromatic rings. The van der Waals surface area contributed by atoms with Crippen molar-refractivity contribution in [2.45, 2.75) is 76.3 Å². The molecule has 0 spiro atoms. The Morgan fingerprint density at radius 2 is 1.43 bits per heavy atom. The van der Waals surface area contributed by atoms with Gasteiger partial charge in [0.25, 0.3) is 0 Å². The predicted octanol–water partition coefficient (Wildman–Crippen LogP) is 8.20. The number of hydrogen-bond donors (Lipinski definition) is 0. The topological polar surface area (TPSA) is 23.8 Å². The van der Waals surface area contributed by atoms with E-state index in [1.165, 1.54) is 44.2 Å². The molecule has 0 aliphatic heterocycles. The smallest absolute Gasteiger partial charge is 0.193 e. The number of allylic oxidation sites excluding steroid dienone is 4. The minimum Gasteiger partial charge on any atom is -0.193 e. The van der Waals surface area contributed by atoms with E-state index in [2.05, 4.69) is 12.2 Å². The largest absolute Gasteiger partial charge is 0.416 e. The molecule has 0 bridgehead atoms. The second kappa shape index (κ2) is 10.8. The van der Waals surface area contributed by atoms with Crippen molar-refractivity contribution in [1.82, 2.24) is 0 Å². The molecule has 1 nitrogen and oxygen atoms in total. The van der Waals surface area contributed by atoms with E-state index < -0.39 is 11.7 Å². The van der Waals surface area contributed by atoms with Gasteiger partial charge in [-0.05, 0) is 106 Å². The molecule has 0 unspecified atom stereocenters. The summed E-state index contributed by atoms with van der Waals surface area (Å²) in [6, 6.07) is 7.82. The van der Waals surface area contributed by atoms with Crippen molar-refractivity contribution in [3.8, 4) is 6.07 Å². The molecule has 0 heterocycles. The van der Waals surface area contributed by atoms with Crippen LogP contribution in [-0.2, 0) is 6.18 Å². The summed E-state index contributed by atoms with van der Waals surface area (Å²) in [4.78, 5) is 0. The average Bonchev–Trinajstić information content (AvgIpc) is 2.76. The Morgan fingerprint density at radius 3 is 1.97 bits per heavy atom. The third-order valence-electron chi connectivity index (χ3n) is 6.96. The second-order valence-electron chi connectivity index (χ2n) is 9.01. The molecule has 0 atom stereocenters. The van der Waals surface area contributed by atoms with Gasteiger partial charge in [-0.1, -0.05) is 30.4 Å². The Kier molecular flexibility index (Phi) is 8.19.